The standard InChI is InChI=1S/C24H22N4O5S/c1-27(2)34(32,33)19-7-5-18(6-8-19)22(29)20-21(17-9-12-25-13-10-17)28(24(31)23(20)30)15-16-4-3-11-26-14-16/h3-14,21,29H,15H2,1-2H3/t21-/m0/s1. The molecule has 1 atom stereocenters. The van der Waals surface area contributed by atoms with Gasteiger partial charge >= 0.3 is 0 Å². The van der Waals surface area contributed by atoms with E-state index >= 15 is 0 Å². The third-order valence-electron chi connectivity index (χ3n) is 5.54. The van der Waals surface area contributed by atoms with Crippen LogP contribution in [0.3, 0.4) is 0 Å². The van der Waals surface area contributed by atoms with Gasteiger partial charge in [0, 0.05) is 51.0 Å². The number of aromatic nitrogens is 2. The van der Waals surface area contributed by atoms with E-state index in [0.717, 1.165) is 9.87 Å². The number of sulfonamides is 1. The third-order valence-corrected chi connectivity index (χ3v) is 7.37. The number of aliphatic hydroxyl groups excluding tert-OH is 1. The lowest BCUT2D eigenvalue weighted by molar-refractivity contribution is -0.140. The van der Waals surface area contributed by atoms with Gasteiger partial charge in [-0.05, 0) is 53.6 Å². The predicted molar refractivity (Wildman–Crippen MR) is 124 cm³/mol. The van der Waals surface area contributed by atoms with E-state index in [0.29, 0.717) is 5.56 Å². The Bertz CT molecular complexity index is 1360. The van der Waals surface area contributed by atoms with E-state index in [9.17, 15) is 23.1 Å². The van der Waals surface area contributed by atoms with Crippen molar-refractivity contribution in [1.82, 2.24) is 19.2 Å². The molecule has 0 spiro atoms. The molecule has 0 radical (unpaired) electrons. The molecule has 4 rings (SSSR count). The van der Waals surface area contributed by atoms with Crippen LogP contribution in [0.4, 0.5) is 0 Å². The molecule has 3 aromatic rings. The lowest BCUT2D eigenvalue weighted by Gasteiger charge is -2.25. The predicted octanol–water partition coefficient (Wildman–Crippen LogP) is 2.35. The van der Waals surface area contributed by atoms with E-state index in [1.54, 1.807) is 49.1 Å². The minimum Gasteiger partial charge on any atom is -0.507 e. The average Bonchev–Trinajstić information content (AvgIpc) is 3.09. The first-order valence-corrected chi connectivity index (χ1v) is 11.8. The molecule has 1 aliphatic heterocycles. The highest BCUT2D eigenvalue weighted by molar-refractivity contribution is 7.89. The molecule has 0 unspecified atom stereocenters. The molecular weight excluding hydrogens is 456 g/mol. The Morgan fingerprint density at radius 3 is 2.26 bits per heavy atom. The second kappa shape index (κ2) is 9.16. The molecule has 34 heavy (non-hydrogen) atoms. The van der Waals surface area contributed by atoms with Crippen LogP contribution in [0.1, 0.15) is 22.7 Å². The number of rotatable bonds is 6. The second-order valence-electron chi connectivity index (χ2n) is 7.88. The largest absolute Gasteiger partial charge is 0.507 e. The Labute approximate surface area is 197 Å². The first kappa shape index (κ1) is 23.3. The highest BCUT2D eigenvalue weighted by Gasteiger charge is 2.46. The SMILES string of the molecule is CN(C)S(=O)(=O)c1ccc(C(O)=C2C(=O)C(=O)N(Cc3cccnc3)[C@H]2c2ccncc2)cc1. The summed E-state index contributed by atoms with van der Waals surface area (Å²) in [5, 5.41) is 11.1. The fourth-order valence-electron chi connectivity index (χ4n) is 3.77. The Morgan fingerprint density at radius 1 is 1.00 bits per heavy atom. The Hall–Kier alpha value is -3.89. The van der Waals surface area contributed by atoms with Crippen molar-refractivity contribution in [2.45, 2.75) is 17.5 Å². The van der Waals surface area contributed by atoms with Crippen LogP contribution in [0.25, 0.3) is 5.76 Å². The number of likely N-dealkylation sites (tertiary alicyclic amines) is 1. The van der Waals surface area contributed by atoms with Gasteiger partial charge in [-0.15, -0.1) is 0 Å². The van der Waals surface area contributed by atoms with E-state index < -0.39 is 27.8 Å². The summed E-state index contributed by atoms with van der Waals surface area (Å²) in [6, 6.07) is 11.5. The van der Waals surface area contributed by atoms with Crippen molar-refractivity contribution in [3.05, 3.63) is 95.6 Å². The first-order valence-electron chi connectivity index (χ1n) is 10.3. The number of nitrogens with zero attached hydrogens (tertiary/aromatic N) is 4. The molecule has 174 valence electrons. The summed E-state index contributed by atoms with van der Waals surface area (Å²) in [6.45, 7) is 0.113. The molecule has 1 fully saturated rings. The Balaban J connectivity index is 1.81. The number of hydrogen-bond acceptors (Lipinski definition) is 7. The zero-order chi connectivity index (χ0) is 24.5. The third kappa shape index (κ3) is 4.20. The van der Waals surface area contributed by atoms with E-state index in [2.05, 4.69) is 9.97 Å². The number of hydrogen-bond donors (Lipinski definition) is 1. The fraction of sp³-hybridized carbons (Fsp3) is 0.167. The van der Waals surface area contributed by atoms with E-state index in [-0.39, 0.29) is 28.3 Å². The smallest absolute Gasteiger partial charge is 0.295 e. The van der Waals surface area contributed by atoms with Gasteiger partial charge in [-0.3, -0.25) is 19.6 Å². The van der Waals surface area contributed by atoms with Gasteiger partial charge in [0.1, 0.15) is 5.76 Å². The zero-order valence-corrected chi connectivity index (χ0v) is 19.3. The fourth-order valence-corrected chi connectivity index (χ4v) is 4.68. The molecule has 0 aliphatic carbocycles. The molecule has 1 aliphatic rings. The number of amides is 1. The Morgan fingerprint density at radius 2 is 1.68 bits per heavy atom. The van der Waals surface area contributed by atoms with Gasteiger partial charge in [0.2, 0.25) is 10.0 Å². The monoisotopic (exact) mass is 478 g/mol. The van der Waals surface area contributed by atoms with Crippen LogP contribution < -0.4 is 0 Å². The minimum absolute atomic E-state index is 0.0387. The number of ketones is 1. The van der Waals surface area contributed by atoms with Crippen molar-refractivity contribution < 1.29 is 23.1 Å². The Kier molecular flexibility index (Phi) is 6.27. The van der Waals surface area contributed by atoms with Crippen molar-refractivity contribution in [3.8, 4) is 0 Å². The summed E-state index contributed by atoms with van der Waals surface area (Å²) in [6.07, 6.45) is 6.30. The maximum atomic E-state index is 13.1. The van der Waals surface area contributed by atoms with Crippen molar-refractivity contribution in [2.24, 2.45) is 0 Å². The maximum absolute atomic E-state index is 13.1. The summed E-state index contributed by atoms with van der Waals surface area (Å²) in [7, 11) is -0.825. The first-order chi connectivity index (χ1) is 16.2. The van der Waals surface area contributed by atoms with Crippen molar-refractivity contribution >= 4 is 27.5 Å². The molecule has 2 aromatic heterocycles. The number of carbonyl (C=O) groups excluding carboxylic acids is 2. The van der Waals surface area contributed by atoms with Gasteiger partial charge in [0.05, 0.1) is 16.5 Å². The summed E-state index contributed by atoms with van der Waals surface area (Å²) < 4.78 is 25.8. The number of aliphatic hydroxyl groups is 1. The molecule has 0 bridgehead atoms. The summed E-state index contributed by atoms with van der Waals surface area (Å²) in [4.78, 5) is 35.6. The number of benzene rings is 1. The van der Waals surface area contributed by atoms with Crippen molar-refractivity contribution in [3.63, 3.8) is 0 Å². The molecule has 1 aromatic carbocycles. The van der Waals surface area contributed by atoms with Crippen LogP contribution in [0.2, 0.25) is 0 Å². The summed E-state index contributed by atoms with van der Waals surface area (Å²) in [5.41, 5.74) is 1.47. The van der Waals surface area contributed by atoms with Gasteiger partial charge in [0.25, 0.3) is 11.7 Å². The number of Topliss-reactive ketones (excluding diaryl/α,β-unsaturated/α-hetero) is 1. The highest BCUT2D eigenvalue weighted by Crippen LogP contribution is 2.40. The summed E-state index contributed by atoms with van der Waals surface area (Å²) in [5.74, 6) is -1.96. The molecule has 1 amide bonds. The van der Waals surface area contributed by atoms with Crippen molar-refractivity contribution in [1.29, 1.82) is 0 Å². The lowest BCUT2D eigenvalue weighted by atomic mass is 9.96. The van der Waals surface area contributed by atoms with Gasteiger partial charge in [-0.2, -0.15) is 0 Å². The maximum Gasteiger partial charge on any atom is 0.295 e. The zero-order valence-electron chi connectivity index (χ0n) is 18.5. The number of carbonyl (C=O) groups is 2. The van der Waals surface area contributed by atoms with Crippen LogP contribution in [0, 0.1) is 0 Å². The van der Waals surface area contributed by atoms with E-state index in [1.165, 1.54) is 43.3 Å². The van der Waals surface area contributed by atoms with Crippen LogP contribution >= 0.6 is 0 Å². The van der Waals surface area contributed by atoms with Crippen LogP contribution in [0.15, 0.2) is 83.8 Å². The molecule has 1 saturated heterocycles. The quantitative estimate of drug-likeness (QED) is 0.328. The molecule has 0 saturated carbocycles. The van der Waals surface area contributed by atoms with Crippen LogP contribution in [-0.2, 0) is 26.2 Å². The van der Waals surface area contributed by atoms with Gasteiger partial charge in [0.15, 0.2) is 0 Å². The summed E-state index contributed by atoms with van der Waals surface area (Å²) >= 11 is 0. The minimum atomic E-state index is -3.66. The van der Waals surface area contributed by atoms with Gasteiger partial charge in [-0.25, -0.2) is 12.7 Å². The van der Waals surface area contributed by atoms with E-state index in [1.807, 2.05) is 0 Å². The van der Waals surface area contributed by atoms with Gasteiger partial charge in [-0.1, -0.05) is 6.07 Å². The van der Waals surface area contributed by atoms with Crippen LogP contribution in [0.5, 0.6) is 0 Å². The van der Waals surface area contributed by atoms with E-state index in [4.69, 9.17) is 0 Å². The van der Waals surface area contributed by atoms with Gasteiger partial charge < -0.3 is 10.0 Å². The normalized spacial score (nSPS) is 18.0. The lowest BCUT2D eigenvalue weighted by Crippen LogP contribution is -2.29. The topological polar surface area (TPSA) is 121 Å². The molecule has 3 heterocycles. The average molecular weight is 479 g/mol. The number of pyridine rings is 2. The van der Waals surface area contributed by atoms with Crippen LogP contribution in [-0.4, -0.2) is 58.5 Å². The van der Waals surface area contributed by atoms with Crippen molar-refractivity contribution in [2.75, 3.05) is 14.1 Å². The molecular formula is C24H22N4O5S. The molecule has 9 nitrogen and oxygen atoms in total. The second-order valence-corrected chi connectivity index (χ2v) is 10.0. The molecule has 1 N–H and O–H groups in total. The highest BCUT2D eigenvalue weighted by atomic mass is 32.2. The molecule has 10 heteroatoms.